The van der Waals surface area contributed by atoms with Crippen LogP contribution in [0, 0.1) is 0 Å². The largest absolute Gasteiger partial charge is 0.496 e. The zero-order chi connectivity index (χ0) is 23.9. The molecule has 0 aliphatic heterocycles. The third kappa shape index (κ3) is 5.93. The van der Waals surface area contributed by atoms with Gasteiger partial charge in [0.1, 0.15) is 5.75 Å². The summed E-state index contributed by atoms with van der Waals surface area (Å²) in [5.41, 5.74) is 1.41. The average molecular weight is 474 g/mol. The second-order valence-corrected chi connectivity index (χ2v) is 10.2. The quantitative estimate of drug-likeness (QED) is 0.553. The first kappa shape index (κ1) is 25.2. The molecule has 0 bridgehead atoms. The summed E-state index contributed by atoms with van der Waals surface area (Å²) in [6, 6.07) is 17.2. The molecule has 0 aromatic heterocycles. The van der Waals surface area contributed by atoms with Crippen molar-refractivity contribution in [3.05, 3.63) is 65.7 Å². The third-order valence-electron chi connectivity index (χ3n) is 6.63. The van der Waals surface area contributed by atoms with Crippen LogP contribution in [-0.4, -0.2) is 51.4 Å². The van der Waals surface area contributed by atoms with E-state index in [0.717, 1.165) is 18.4 Å². The molecule has 0 heterocycles. The number of amides is 1. The number of benzene rings is 2. The number of nitrogens with zero attached hydrogens (tertiary/aromatic N) is 1. The lowest BCUT2D eigenvalue weighted by Crippen LogP contribution is -2.50. The van der Waals surface area contributed by atoms with Gasteiger partial charge in [0.15, 0.2) is 0 Å². The SMILES string of the molecule is CCN(CC)S(=O)(=O)N[C@H]1CC[C@](CNC(=O)c2ccccc2OC)(c2ccccc2)CC1. The van der Waals surface area contributed by atoms with E-state index in [1.165, 1.54) is 4.31 Å². The van der Waals surface area contributed by atoms with E-state index in [1.807, 2.05) is 44.2 Å². The maximum absolute atomic E-state index is 12.9. The van der Waals surface area contributed by atoms with Gasteiger partial charge in [-0.1, -0.05) is 56.3 Å². The van der Waals surface area contributed by atoms with E-state index in [-0.39, 0.29) is 17.4 Å². The van der Waals surface area contributed by atoms with Gasteiger partial charge < -0.3 is 10.1 Å². The number of ether oxygens (including phenoxy) is 1. The lowest BCUT2D eigenvalue weighted by molar-refractivity contribution is 0.0932. The van der Waals surface area contributed by atoms with Crippen LogP contribution >= 0.6 is 0 Å². The first-order valence-electron chi connectivity index (χ1n) is 11.6. The normalized spacial score (nSPS) is 21.0. The van der Waals surface area contributed by atoms with Gasteiger partial charge in [0, 0.05) is 31.1 Å². The molecule has 2 N–H and O–H groups in total. The van der Waals surface area contributed by atoms with Gasteiger partial charge in [-0.05, 0) is 43.4 Å². The number of hydrogen-bond acceptors (Lipinski definition) is 4. The molecule has 1 saturated carbocycles. The summed E-state index contributed by atoms with van der Waals surface area (Å²) in [4.78, 5) is 12.9. The van der Waals surface area contributed by atoms with Crippen LogP contribution in [-0.2, 0) is 15.6 Å². The summed E-state index contributed by atoms with van der Waals surface area (Å²) >= 11 is 0. The average Bonchev–Trinajstić information content (AvgIpc) is 2.84. The molecule has 2 aromatic carbocycles. The first-order chi connectivity index (χ1) is 15.8. The topological polar surface area (TPSA) is 87.7 Å². The highest BCUT2D eigenvalue weighted by atomic mass is 32.2. The van der Waals surface area contributed by atoms with Crippen molar-refractivity contribution in [2.45, 2.75) is 51.0 Å². The zero-order valence-electron chi connectivity index (χ0n) is 19.7. The van der Waals surface area contributed by atoms with Gasteiger partial charge in [0.2, 0.25) is 0 Å². The molecular formula is C25H35N3O4S. The van der Waals surface area contributed by atoms with E-state index < -0.39 is 10.2 Å². The molecule has 1 aliphatic carbocycles. The Labute approximate surface area is 197 Å². The third-order valence-corrected chi connectivity index (χ3v) is 8.46. The second-order valence-electron chi connectivity index (χ2n) is 8.51. The van der Waals surface area contributed by atoms with Crippen molar-refractivity contribution in [1.29, 1.82) is 0 Å². The van der Waals surface area contributed by atoms with E-state index in [4.69, 9.17) is 4.74 Å². The van der Waals surface area contributed by atoms with Gasteiger partial charge >= 0.3 is 0 Å². The molecular weight excluding hydrogens is 438 g/mol. The van der Waals surface area contributed by atoms with Gasteiger partial charge in [0.05, 0.1) is 12.7 Å². The minimum absolute atomic E-state index is 0.114. The minimum Gasteiger partial charge on any atom is -0.496 e. The van der Waals surface area contributed by atoms with Crippen molar-refractivity contribution in [1.82, 2.24) is 14.3 Å². The number of para-hydroxylation sites is 1. The molecule has 0 radical (unpaired) electrons. The van der Waals surface area contributed by atoms with Crippen LogP contribution in [0.15, 0.2) is 54.6 Å². The van der Waals surface area contributed by atoms with Gasteiger partial charge in [-0.3, -0.25) is 4.79 Å². The number of carbonyl (C=O) groups is 1. The van der Waals surface area contributed by atoms with Gasteiger partial charge in [0.25, 0.3) is 16.1 Å². The van der Waals surface area contributed by atoms with Crippen LogP contribution in [0.1, 0.15) is 55.5 Å². The number of hydrogen-bond donors (Lipinski definition) is 2. The standard InChI is InChI=1S/C25H35N3O4S/c1-4-28(5-2)33(30,31)27-21-15-17-25(18-16-21,20-11-7-6-8-12-20)19-26-24(29)22-13-9-10-14-23(22)32-3/h6-14,21,27H,4-5,15-19H2,1-3H3,(H,26,29)/t21-,25-. The van der Waals surface area contributed by atoms with E-state index >= 15 is 0 Å². The number of nitrogens with one attached hydrogen (secondary N) is 2. The van der Waals surface area contributed by atoms with Crippen LogP contribution in [0.5, 0.6) is 5.75 Å². The Morgan fingerprint density at radius 2 is 1.64 bits per heavy atom. The fourth-order valence-corrected chi connectivity index (χ4v) is 6.16. The van der Waals surface area contributed by atoms with Crippen molar-refractivity contribution in [2.24, 2.45) is 0 Å². The van der Waals surface area contributed by atoms with E-state index in [9.17, 15) is 13.2 Å². The Bertz CT molecular complexity index is 1010. The summed E-state index contributed by atoms with van der Waals surface area (Å²) in [6.07, 6.45) is 2.96. The predicted octanol–water partition coefficient (Wildman–Crippen LogP) is 3.48. The summed E-state index contributed by atoms with van der Waals surface area (Å²) < 4.78 is 35.0. The van der Waals surface area contributed by atoms with Crippen LogP contribution in [0.4, 0.5) is 0 Å². The fraction of sp³-hybridized carbons (Fsp3) is 0.480. The van der Waals surface area contributed by atoms with Gasteiger partial charge in [-0.15, -0.1) is 0 Å². The molecule has 0 atom stereocenters. The monoisotopic (exact) mass is 473 g/mol. The Kier molecular flexibility index (Phi) is 8.51. The molecule has 0 unspecified atom stereocenters. The lowest BCUT2D eigenvalue weighted by atomic mass is 9.68. The summed E-state index contributed by atoms with van der Waals surface area (Å²) in [7, 11) is -1.94. The molecule has 0 spiro atoms. The number of carbonyl (C=O) groups excluding carboxylic acids is 1. The minimum atomic E-state index is -3.49. The summed E-state index contributed by atoms with van der Waals surface area (Å²) in [5, 5.41) is 3.12. The Morgan fingerprint density at radius 1 is 1.03 bits per heavy atom. The van der Waals surface area contributed by atoms with Crippen molar-refractivity contribution in [3.8, 4) is 5.75 Å². The summed E-state index contributed by atoms with van der Waals surface area (Å²) in [5.74, 6) is 0.366. The van der Waals surface area contributed by atoms with Crippen molar-refractivity contribution in [2.75, 3.05) is 26.7 Å². The Hall–Kier alpha value is -2.42. The molecule has 1 fully saturated rings. The van der Waals surface area contributed by atoms with Gasteiger partial charge in [-0.2, -0.15) is 17.4 Å². The van der Waals surface area contributed by atoms with Crippen LogP contribution in [0.25, 0.3) is 0 Å². The Balaban J connectivity index is 1.74. The van der Waals surface area contributed by atoms with E-state index in [1.54, 1.807) is 19.2 Å². The molecule has 2 aromatic rings. The number of rotatable bonds is 10. The van der Waals surface area contributed by atoms with E-state index in [0.29, 0.717) is 43.8 Å². The molecule has 1 amide bonds. The molecule has 8 heteroatoms. The maximum Gasteiger partial charge on any atom is 0.279 e. The highest BCUT2D eigenvalue weighted by molar-refractivity contribution is 7.87. The maximum atomic E-state index is 12.9. The van der Waals surface area contributed by atoms with Crippen molar-refractivity contribution < 1.29 is 17.9 Å². The Morgan fingerprint density at radius 3 is 2.24 bits per heavy atom. The highest BCUT2D eigenvalue weighted by Gasteiger charge is 2.38. The first-order valence-corrected chi connectivity index (χ1v) is 13.0. The molecule has 0 saturated heterocycles. The smallest absolute Gasteiger partial charge is 0.279 e. The lowest BCUT2D eigenvalue weighted by Gasteiger charge is -2.41. The molecule has 1 aliphatic rings. The van der Waals surface area contributed by atoms with Crippen LogP contribution in [0.2, 0.25) is 0 Å². The van der Waals surface area contributed by atoms with Crippen molar-refractivity contribution >= 4 is 16.1 Å². The molecule has 33 heavy (non-hydrogen) atoms. The fourth-order valence-electron chi connectivity index (χ4n) is 4.67. The molecule has 3 rings (SSSR count). The highest BCUT2D eigenvalue weighted by Crippen LogP contribution is 2.39. The van der Waals surface area contributed by atoms with E-state index in [2.05, 4.69) is 22.2 Å². The second kappa shape index (κ2) is 11.1. The molecule has 7 nitrogen and oxygen atoms in total. The number of methoxy groups -OCH3 is 1. The van der Waals surface area contributed by atoms with Crippen LogP contribution < -0.4 is 14.8 Å². The molecule has 180 valence electrons. The summed E-state index contributed by atoms with van der Waals surface area (Å²) in [6.45, 7) is 5.05. The van der Waals surface area contributed by atoms with Crippen LogP contribution in [0.3, 0.4) is 0 Å². The predicted molar refractivity (Wildman–Crippen MR) is 131 cm³/mol. The van der Waals surface area contributed by atoms with Gasteiger partial charge in [-0.25, -0.2) is 0 Å². The zero-order valence-corrected chi connectivity index (χ0v) is 20.5. The van der Waals surface area contributed by atoms with Crippen molar-refractivity contribution in [3.63, 3.8) is 0 Å².